The van der Waals surface area contributed by atoms with E-state index in [1.807, 2.05) is 52.8 Å². The zero-order valence-corrected chi connectivity index (χ0v) is 14.2. The molecule has 0 unspecified atom stereocenters. The lowest BCUT2D eigenvalue weighted by Crippen LogP contribution is -2.28. The van der Waals surface area contributed by atoms with E-state index in [1.165, 1.54) is 0 Å². The molecule has 0 radical (unpaired) electrons. The lowest BCUT2D eigenvalue weighted by molar-refractivity contribution is -0.123. The summed E-state index contributed by atoms with van der Waals surface area (Å²) >= 11 is 3.38. The van der Waals surface area contributed by atoms with E-state index in [0.717, 1.165) is 15.7 Å². The Bertz CT molecular complexity index is 519. The second-order valence-corrected chi connectivity index (χ2v) is 6.60. The van der Waals surface area contributed by atoms with Crippen LogP contribution in [0.3, 0.4) is 0 Å². The topological polar surface area (TPSA) is 50.7 Å². The van der Waals surface area contributed by atoms with Crippen molar-refractivity contribution in [1.82, 2.24) is 5.43 Å². The number of benzene rings is 1. The number of ether oxygens (including phenoxy) is 1. The number of aryl methyl sites for hydroxylation is 1. The van der Waals surface area contributed by atoms with Crippen molar-refractivity contribution in [3.8, 4) is 5.75 Å². The first-order chi connectivity index (χ1) is 9.20. The highest BCUT2D eigenvalue weighted by Crippen LogP contribution is 2.22. The number of hydrazone groups is 1. The van der Waals surface area contributed by atoms with E-state index >= 15 is 0 Å². The normalized spacial score (nSPS) is 12.2. The van der Waals surface area contributed by atoms with Gasteiger partial charge in [0, 0.05) is 15.6 Å². The highest BCUT2D eigenvalue weighted by molar-refractivity contribution is 9.10. The second kappa shape index (κ2) is 6.88. The molecular weight excluding hydrogens is 320 g/mol. The molecule has 1 aromatic carbocycles. The summed E-state index contributed by atoms with van der Waals surface area (Å²) in [6.45, 7) is 9.89. The Balaban J connectivity index is 2.52. The minimum absolute atomic E-state index is 0.0522. The van der Waals surface area contributed by atoms with Gasteiger partial charge in [-0.3, -0.25) is 4.79 Å². The van der Waals surface area contributed by atoms with Gasteiger partial charge in [-0.05, 0) is 37.6 Å². The minimum atomic E-state index is -0.268. The molecule has 0 aliphatic heterocycles. The van der Waals surface area contributed by atoms with Crippen molar-refractivity contribution in [3.63, 3.8) is 0 Å². The molecule has 0 aliphatic rings. The third-order valence-electron chi connectivity index (χ3n) is 2.93. The van der Waals surface area contributed by atoms with Crippen LogP contribution < -0.4 is 10.2 Å². The molecule has 0 aliphatic carbocycles. The van der Waals surface area contributed by atoms with Crippen LogP contribution in [0.25, 0.3) is 0 Å². The lowest BCUT2D eigenvalue weighted by atomic mass is 9.91. The summed E-state index contributed by atoms with van der Waals surface area (Å²) in [6.07, 6.45) is 0. The van der Waals surface area contributed by atoms with Gasteiger partial charge in [-0.1, -0.05) is 36.7 Å². The van der Waals surface area contributed by atoms with Gasteiger partial charge in [0.2, 0.25) is 0 Å². The molecule has 4 nitrogen and oxygen atoms in total. The smallest absolute Gasteiger partial charge is 0.277 e. The Morgan fingerprint density at radius 1 is 1.40 bits per heavy atom. The van der Waals surface area contributed by atoms with Crippen LogP contribution in [0.15, 0.2) is 27.8 Å². The second-order valence-electron chi connectivity index (χ2n) is 5.68. The van der Waals surface area contributed by atoms with E-state index in [-0.39, 0.29) is 17.9 Å². The summed E-state index contributed by atoms with van der Waals surface area (Å²) in [5, 5.41) is 4.07. The summed E-state index contributed by atoms with van der Waals surface area (Å²) in [7, 11) is 0. The number of hydrogen-bond acceptors (Lipinski definition) is 3. The standard InChI is InChI=1S/C15H21BrN2O2/c1-10-8-12(16)6-7-13(10)20-9-14(19)18-17-11(2)15(3,4)5/h6-8H,9H2,1-5H3,(H,18,19). The molecule has 0 aromatic heterocycles. The maximum Gasteiger partial charge on any atom is 0.277 e. The highest BCUT2D eigenvalue weighted by atomic mass is 79.9. The van der Waals surface area contributed by atoms with Crippen LogP contribution in [0.2, 0.25) is 0 Å². The molecule has 1 aromatic rings. The minimum Gasteiger partial charge on any atom is -0.483 e. The molecule has 110 valence electrons. The number of halogens is 1. The fourth-order valence-corrected chi connectivity index (χ4v) is 1.74. The molecule has 0 heterocycles. The predicted octanol–water partition coefficient (Wildman–Crippen LogP) is 3.67. The maximum atomic E-state index is 11.7. The van der Waals surface area contributed by atoms with Gasteiger partial charge in [-0.2, -0.15) is 5.10 Å². The van der Waals surface area contributed by atoms with Crippen molar-refractivity contribution in [2.75, 3.05) is 6.61 Å². The van der Waals surface area contributed by atoms with Crippen LogP contribution in [0, 0.1) is 12.3 Å². The summed E-state index contributed by atoms with van der Waals surface area (Å²) in [6, 6.07) is 5.65. The molecule has 20 heavy (non-hydrogen) atoms. The van der Waals surface area contributed by atoms with Crippen LogP contribution in [-0.4, -0.2) is 18.2 Å². The van der Waals surface area contributed by atoms with Gasteiger partial charge in [0.1, 0.15) is 5.75 Å². The van der Waals surface area contributed by atoms with E-state index in [1.54, 1.807) is 0 Å². The molecule has 0 bridgehead atoms. The van der Waals surface area contributed by atoms with Crippen LogP contribution >= 0.6 is 15.9 Å². The van der Waals surface area contributed by atoms with Gasteiger partial charge in [0.05, 0.1) is 0 Å². The van der Waals surface area contributed by atoms with Crippen molar-refractivity contribution in [1.29, 1.82) is 0 Å². The molecule has 1 N–H and O–H groups in total. The largest absolute Gasteiger partial charge is 0.483 e. The first kappa shape index (κ1) is 16.7. The Morgan fingerprint density at radius 3 is 2.60 bits per heavy atom. The fraction of sp³-hybridized carbons (Fsp3) is 0.467. The molecular formula is C15H21BrN2O2. The van der Waals surface area contributed by atoms with Crippen molar-refractivity contribution in [2.45, 2.75) is 34.6 Å². The van der Waals surface area contributed by atoms with Gasteiger partial charge in [0.15, 0.2) is 6.61 Å². The first-order valence-corrected chi connectivity index (χ1v) is 7.22. The molecule has 0 atom stereocenters. The van der Waals surface area contributed by atoms with Gasteiger partial charge >= 0.3 is 0 Å². The molecule has 0 spiro atoms. The zero-order chi connectivity index (χ0) is 15.3. The van der Waals surface area contributed by atoms with Crippen LogP contribution in [0.5, 0.6) is 5.75 Å². The van der Waals surface area contributed by atoms with Gasteiger partial charge < -0.3 is 4.74 Å². The summed E-state index contributed by atoms with van der Waals surface area (Å²) in [5.74, 6) is 0.427. The Morgan fingerprint density at radius 2 is 2.05 bits per heavy atom. The first-order valence-electron chi connectivity index (χ1n) is 6.42. The van der Waals surface area contributed by atoms with Crippen LogP contribution in [0.1, 0.15) is 33.3 Å². The summed E-state index contributed by atoms with van der Waals surface area (Å²) in [4.78, 5) is 11.7. The highest BCUT2D eigenvalue weighted by Gasteiger charge is 2.14. The zero-order valence-electron chi connectivity index (χ0n) is 12.6. The number of nitrogens with zero attached hydrogens (tertiary/aromatic N) is 1. The number of hydrogen-bond donors (Lipinski definition) is 1. The third kappa shape index (κ3) is 5.33. The van der Waals surface area contributed by atoms with E-state index in [9.17, 15) is 4.79 Å². The van der Waals surface area contributed by atoms with Crippen molar-refractivity contribution >= 4 is 27.5 Å². The van der Waals surface area contributed by atoms with Gasteiger partial charge in [-0.15, -0.1) is 0 Å². The van der Waals surface area contributed by atoms with Crippen LogP contribution in [-0.2, 0) is 4.79 Å². The lowest BCUT2D eigenvalue weighted by Gasteiger charge is -2.17. The number of rotatable bonds is 4. The van der Waals surface area contributed by atoms with E-state index in [0.29, 0.717) is 5.75 Å². The number of amides is 1. The van der Waals surface area contributed by atoms with E-state index < -0.39 is 0 Å². The molecule has 1 amide bonds. The van der Waals surface area contributed by atoms with E-state index in [2.05, 4.69) is 26.5 Å². The number of nitrogens with one attached hydrogen (secondary N) is 1. The molecule has 5 heteroatoms. The molecule has 0 saturated carbocycles. The van der Waals surface area contributed by atoms with Crippen molar-refractivity contribution in [2.24, 2.45) is 10.5 Å². The summed E-state index contributed by atoms with van der Waals surface area (Å²) < 4.78 is 6.45. The average Bonchev–Trinajstić information content (AvgIpc) is 2.33. The van der Waals surface area contributed by atoms with Crippen molar-refractivity contribution in [3.05, 3.63) is 28.2 Å². The molecule has 0 saturated heterocycles. The third-order valence-corrected chi connectivity index (χ3v) is 3.42. The Hall–Kier alpha value is -1.36. The van der Waals surface area contributed by atoms with Gasteiger partial charge in [0.25, 0.3) is 5.91 Å². The average molecular weight is 341 g/mol. The number of carbonyl (C=O) groups is 1. The Labute approximate surface area is 128 Å². The van der Waals surface area contributed by atoms with Crippen LogP contribution in [0.4, 0.5) is 0 Å². The van der Waals surface area contributed by atoms with Gasteiger partial charge in [-0.25, -0.2) is 5.43 Å². The van der Waals surface area contributed by atoms with Crippen molar-refractivity contribution < 1.29 is 9.53 Å². The van der Waals surface area contributed by atoms with E-state index in [4.69, 9.17) is 4.74 Å². The fourth-order valence-electron chi connectivity index (χ4n) is 1.26. The predicted molar refractivity (Wildman–Crippen MR) is 85.1 cm³/mol. The summed E-state index contributed by atoms with van der Waals surface area (Å²) in [5.41, 5.74) is 4.29. The quantitative estimate of drug-likeness (QED) is 0.671. The SMILES string of the molecule is CC(=NNC(=O)COc1ccc(Br)cc1C)C(C)(C)C. The Kier molecular flexibility index (Phi) is 5.74. The monoisotopic (exact) mass is 340 g/mol. The molecule has 1 rings (SSSR count). The molecule has 0 fully saturated rings. The maximum absolute atomic E-state index is 11.7. The number of carbonyl (C=O) groups excluding carboxylic acids is 1.